The molecule has 0 amide bonds. The Morgan fingerprint density at radius 1 is 1.27 bits per heavy atom. The molecule has 1 N–H and O–H groups in total. The molecule has 1 aliphatic rings. The first-order chi connectivity index (χ1) is 7.24. The van der Waals surface area contributed by atoms with Gasteiger partial charge in [0.25, 0.3) is 0 Å². The van der Waals surface area contributed by atoms with Gasteiger partial charge in [-0.25, -0.2) is 0 Å². The lowest BCUT2D eigenvalue weighted by atomic mass is 9.82. The molecule has 1 fully saturated rings. The molecule has 2 unspecified atom stereocenters. The standard InChI is InChI=1S/C13H27NO/c1-4-14-13-8-6-5-7-12(13)9-10-15-11(2)3/h11-14H,4-10H2,1-3H3. The van der Waals surface area contributed by atoms with Crippen molar-refractivity contribution in [2.75, 3.05) is 13.2 Å². The summed E-state index contributed by atoms with van der Waals surface area (Å²) in [6, 6.07) is 0.750. The van der Waals surface area contributed by atoms with E-state index in [1.54, 1.807) is 0 Å². The maximum Gasteiger partial charge on any atom is 0.0518 e. The normalized spacial score (nSPS) is 27.2. The third-order valence-electron chi connectivity index (χ3n) is 3.32. The van der Waals surface area contributed by atoms with Gasteiger partial charge in [-0.2, -0.15) is 0 Å². The molecule has 0 bridgehead atoms. The highest BCUT2D eigenvalue weighted by Gasteiger charge is 2.23. The van der Waals surface area contributed by atoms with E-state index >= 15 is 0 Å². The van der Waals surface area contributed by atoms with Crippen LogP contribution < -0.4 is 5.32 Å². The average Bonchev–Trinajstić information content (AvgIpc) is 2.20. The molecule has 90 valence electrons. The summed E-state index contributed by atoms with van der Waals surface area (Å²) in [5.74, 6) is 0.845. The van der Waals surface area contributed by atoms with Crippen molar-refractivity contribution in [3.63, 3.8) is 0 Å². The molecule has 0 radical (unpaired) electrons. The van der Waals surface area contributed by atoms with Gasteiger partial charge >= 0.3 is 0 Å². The Balaban J connectivity index is 2.23. The molecule has 1 rings (SSSR count). The van der Waals surface area contributed by atoms with Crippen LogP contribution in [0.2, 0.25) is 0 Å². The molecule has 0 spiro atoms. The third-order valence-corrected chi connectivity index (χ3v) is 3.32. The number of hydrogen-bond acceptors (Lipinski definition) is 2. The Morgan fingerprint density at radius 3 is 2.67 bits per heavy atom. The van der Waals surface area contributed by atoms with Crippen molar-refractivity contribution in [3.05, 3.63) is 0 Å². The Morgan fingerprint density at radius 2 is 2.00 bits per heavy atom. The van der Waals surface area contributed by atoms with Crippen molar-refractivity contribution in [2.45, 2.75) is 65.0 Å². The van der Waals surface area contributed by atoms with Crippen molar-refractivity contribution >= 4 is 0 Å². The number of rotatable bonds is 6. The van der Waals surface area contributed by atoms with Gasteiger partial charge in [-0.05, 0) is 45.6 Å². The molecule has 2 heteroatoms. The van der Waals surface area contributed by atoms with Crippen LogP contribution in [-0.2, 0) is 4.74 Å². The summed E-state index contributed by atoms with van der Waals surface area (Å²) >= 11 is 0. The molecule has 0 aromatic heterocycles. The van der Waals surface area contributed by atoms with Crippen molar-refractivity contribution in [3.8, 4) is 0 Å². The van der Waals surface area contributed by atoms with Crippen LogP contribution in [0.3, 0.4) is 0 Å². The molecule has 2 atom stereocenters. The summed E-state index contributed by atoms with van der Waals surface area (Å²) in [5.41, 5.74) is 0. The maximum atomic E-state index is 5.64. The lowest BCUT2D eigenvalue weighted by Crippen LogP contribution is -2.38. The molecule has 1 aliphatic carbocycles. The van der Waals surface area contributed by atoms with Crippen molar-refractivity contribution < 1.29 is 4.74 Å². The molecular weight excluding hydrogens is 186 g/mol. The van der Waals surface area contributed by atoms with E-state index in [4.69, 9.17) is 4.74 Å². The highest BCUT2D eigenvalue weighted by molar-refractivity contribution is 4.80. The largest absolute Gasteiger partial charge is 0.379 e. The van der Waals surface area contributed by atoms with Gasteiger partial charge in [0, 0.05) is 12.6 Å². The van der Waals surface area contributed by atoms with Gasteiger partial charge in [0.1, 0.15) is 0 Å². The smallest absolute Gasteiger partial charge is 0.0518 e. The third kappa shape index (κ3) is 4.98. The second kappa shape index (κ2) is 7.24. The van der Waals surface area contributed by atoms with E-state index in [0.717, 1.165) is 25.1 Å². The van der Waals surface area contributed by atoms with E-state index in [1.165, 1.54) is 32.1 Å². The fourth-order valence-corrected chi connectivity index (χ4v) is 2.54. The number of nitrogens with one attached hydrogen (secondary N) is 1. The Labute approximate surface area is 94.8 Å². The fourth-order valence-electron chi connectivity index (χ4n) is 2.54. The highest BCUT2D eigenvalue weighted by Crippen LogP contribution is 2.27. The van der Waals surface area contributed by atoms with Crippen LogP contribution in [0, 0.1) is 5.92 Å². The first kappa shape index (κ1) is 13.0. The first-order valence-electron chi connectivity index (χ1n) is 6.59. The van der Waals surface area contributed by atoms with E-state index in [0.29, 0.717) is 6.10 Å². The predicted molar refractivity (Wildman–Crippen MR) is 65.1 cm³/mol. The maximum absolute atomic E-state index is 5.64. The second-order valence-corrected chi connectivity index (χ2v) is 4.92. The van der Waals surface area contributed by atoms with Crippen molar-refractivity contribution in [1.82, 2.24) is 5.32 Å². The zero-order valence-corrected chi connectivity index (χ0v) is 10.6. The van der Waals surface area contributed by atoms with E-state index in [-0.39, 0.29) is 0 Å². The minimum Gasteiger partial charge on any atom is -0.379 e. The fraction of sp³-hybridized carbons (Fsp3) is 1.00. The van der Waals surface area contributed by atoms with Crippen LogP contribution >= 0.6 is 0 Å². The van der Waals surface area contributed by atoms with Gasteiger partial charge in [-0.1, -0.05) is 19.8 Å². The van der Waals surface area contributed by atoms with Crippen LogP contribution in [-0.4, -0.2) is 25.3 Å². The van der Waals surface area contributed by atoms with Gasteiger partial charge < -0.3 is 10.1 Å². The summed E-state index contributed by atoms with van der Waals surface area (Å²) < 4.78 is 5.64. The first-order valence-corrected chi connectivity index (χ1v) is 6.59. The van der Waals surface area contributed by atoms with Gasteiger partial charge in [0.05, 0.1) is 6.10 Å². The van der Waals surface area contributed by atoms with Crippen molar-refractivity contribution in [2.24, 2.45) is 5.92 Å². The van der Waals surface area contributed by atoms with Crippen LogP contribution in [0.25, 0.3) is 0 Å². The van der Waals surface area contributed by atoms with Crippen molar-refractivity contribution in [1.29, 1.82) is 0 Å². The summed E-state index contributed by atoms with van der Waals surface area (Å²) in [4.78, 5) is 0. The molecule has 1 saturated carbocycles. The predicted octanol–water partition coefficient (Wildman–Crippen LogP) is 2.97. The SMILES string of the molecule is CCNC1CCCCC1CCOC(C)C. The minimum absolute atomic E-state index is 0.381. The summed E-state index contributed by atoms with van der Waals surface area (Å²) in [6.07, 6.45) is 7.17. The molecule has 0 aromatic carbocycles. The molecule has 0 heterocycles. The van der Waals surface area contributed by atoms with E-state index in [1.807, 2.05) is 0 Å². The molecule has 0 aromatic rings. The van der Waals surface area contributed by atoms with Gasteiger partial charge in [0.15, 0.2) is 0 Å². The van der Waals surface area contributed by atoms with E-state index in [2.05, 4.69) is 26.1 Å². The van der Waals surface area contributed by atoms with Crippen LogP contribution in [0.15, 0.2) is 0 Å². The molecular formula is C13H27NO. The molecule has 0 aliphatic heterocycles. The zero-order valence-electron chi connectivity index (χ0n) is 10.6. The molecule has 0 saturated heterocycles. The lowest BCUT2D eigenvalue weighted by molar-refractivity contribution is 0.0602. The monoisotopic (exact) mass is 213 g/mol. The minimum atomic E-state index is 0.381. The number of hydrogen-bond donors (Lipinski definition) is 1. The van der Waals surface area contributed by atoms with Crippen LogP contribution in [0.4, 0.5) is 0 Å². The highest BCUT2D eigenvalue weighted by atomic mass is 16.5. The summed E-state index contributed by atoms with van der Waals surface area (Å²) in [5, 5.41) is 3.62. The summed E-state index contributed by atoms with van der Waals surface area (Å²) in [6.45, 7) is 8.47. The number of ether oxygens (including phenoxy) is 1. The van der Waals surface area contributed by atoms with E-state index < -0.39 is 0 Å². The van der Waals surface area contributed by atoms with Gasteiger partial charge in [-0.3, -0.25) is 0 Å². The summed E-state index contributed by atoms with van der Waals surface area (Å²) in [7, 11) is 0. The topological polar surface area (TPSA) is 21.3 Å². The van der Waals surface area contributed by atoms with Crippen LogP contribution in [0.5, 0.6) is 0 Å². The second-order valence-electron chi connectivity index (χ2n) is 4.92. The lowest BCUT2D eigenvalue weighted by Gasteiger charge is -2.32. The van der Waals surface area contributed by atoms with Gasteiger partial charge in [-0.15, -0.1) is 0 Å². The molecule has 2 nitrogen and oxygen atoms in total. The Bertz CT molecular complexity index is 157. The zero-order chi connectivity index (χ0) is 11.1. The average molecular weight is 213 g/mol. The van der Waals surface area contributed by atoms with Crippen LogP contribution in [0.1, 0.15) is 52.9 Å². The Hall–Kier alpha value is -0.0800. The quantitative estimate of drug-likeness (QED) is 0.732. The Kier molecular flexibility index (Phi) is 6.26. The van der Waals surface area contributed by atoms with Gasteiger partial charge in [0.2, 0.25) is 0 Å². The molecule has 15 heavy (non-hydrogen) atoms. The van der Waals surface area contributed by atoms with E-state index in [9.17, 15) is 0 Å².